The third kappa shape index (κ3) is 3.95. The number of carboxylic acid groups (broad SMARTS) is 1. The Hall–Kier alpha value is -4.27. The summed E-state index contributed by atoms with van der Waals surface area (Å²) in [6.07, 6.45) is 0.470. The molecule has 0 spiro atoms. The lowest BCUT2D eigenvalue weighted by molar-refractivity contribution is -0.116. The quantitative estimate of drug-likeness (QED) is 0.529. The molecule has 9 nitrogen and oxygen atoms in total. The number of pyridine rings is 2. The minimum absolute atomic E-state index is 0.00434. The lowest BCUT2D eigenvalue weighted by atomic mass is 10.1. The molecule has 150 valence electrons. The Bertz CT molecular complexity index is 1200. The number of carbonyl (C=O) groups excluding carboxylic acids is 1. The monoisotopic (exact) mass is 402 g/mol. The van der Waals surface area contributed by atoms with Crippen LogP contribution in [0.3, 0.4) is 0 Å². The highest BCUT2D eigenvalue weighted by Gasteiger charge is 2.14. The van der Waals surface area contributed by atoms with Crippen molar-refractivity contribution in [1.82, 2.24) is 19.6 Å². The maximum absolute atomic E-state index is 12.2. The van der Waals surface area contributed by atoms with Crippen LogP contribution in [0, 0.1) is 0 Å². The van der Waals surface area contributed by atoms with Crippen molar-refractivity contribution in [2.45, 2.75) is 13.5 Å². The highest BCUT2D eigenvalue weighted by molar-refractivity contribution is 5.91. The molecule has 0 radical (unpaired) electrons. The molecule has 2 amide bonds. The first kappa shape index (κ1) is 19.1. The van der Waals surface area contributed by atoms with Gasteiger partial charge in [0.25, 0.3) is 5.95 Å². The first-order chi connectivity index (χ1) is 14.5. The highest BCUT2D eigenvalue weighted by atomic mass is 16.4. The third-order valence-corrected chi connectivity index (χ3v) is 4.48. The molecular formula is C21H18N6O3. The van der Waals surface area contributed by atoms with Crippen molar-refractivity contribution >= 4 is 29.3 Å². The Labute approximate surface area is 171 Å². The minimum atomic E-state index is -1.23. The molecule has 2 N–H and O–H groups in total. The van der Waals surface area contributed by atoms with E-state index < -0.39 is 6.09 Å². The summed E-state index contributed by atoms with van der Waals surface area (Å²) < 4.78 is 1.57. The SMILES string of the molecule is CC(=O)N(Cc1ccccn1)c1ccc(-c2cccc3nc(NC(=O)O)nn23)cc1. The Morgan fingerprint density at radius 2 is 1.87 bits per heavy atom. The summed E-state index contributed by atoms with van der Waals surface area (Å²) in [6.45, 7) is 1.89. The molecule has 0 aliphatic rings. The maximum atomic E-state index is 12.2. The van der Waals surface area contributed by atoms with Gasteiger partial charge in [-0.2, -0.15) is 4.98 Å². The average Bonchev–Trinajstić information content (AvgIpc) is 3.14. The molecule has 0 saturated heterocycles. The van der Waals surface area contributed by atoms with Gasteiger partial charge in [0, 0.05) is 24.4 Å². The largest absolute Gasteiger partial charge is 0.465 e. The summed E-state index contributed by atoms with van der Waals surface area (Å²) in [7, 11) is 0. The molecule has 0 saturated carbocycles. The van der Waals surface area contributed by atoms with Crippen LogP contribution in [0.5, 0.6) is 0 Å². The van der Waals surface area contributed by atoms with E-state index in [2.05, 4.69) is 20.4 Å². The Morgan fingerprint density at radius 1 is 1.07 bits per heavy atom. The van der Waals surface area contributed by atoms with E-state index in [1.807, 2.05) is 54.6 Å². The predicted octanol–water partition coefficient (Wildman–Crippen LogP) is 3.43. The van der Waals surface area contributed by atoms with Gasteiger partial charge in [0.2, 0.25) is 5.91 Å². The first-order valence-corrected chi connectivity index (χ1v) is 9.15. The standard InChI is InChI=1S/C21H18N6O3/c1-14(28)26(13-16-5-2-3-12-22-16)17-10-8-15(9-11-17)18-6-4-7-19-23-20(24-21(29)30)25-27(18)19/h2-12H,13H2,1H3,(H,24,25)(H,29,30). The topological polar surface area (TPSA) is 113 Å². The van der Waals surface area contributed by atoms with E-state index in [0.717, 1.165) is 22.6 Å². The lowest BCUT2D eigenvalue weighted by Gasteiger charge is -2.21. The first-order valence-electron chi connectivity index (χ1n) is 9.15. The number of nitrogens with zero attached hydrogens (tertiary/aromatic N) is 5. The molecule has 0 bridgehead atoms. The van der Waals surface area contributed by atoms with Crippen molar-refractivity contribution in [2.24, 2.45) is 0 Å². The number of benzene rings is 1. The van der Waals surface area contributed by atoms with Crippen molar-refractivity contribution in [3.05, 3.63) is 72.6 Å². The van der Waals surface area contributed by atoms with Crippen molar-refractivity contribution in [3.8, 4) is 11.3 Å². The smallest absolute Gasteiger partial charge is 0.411 e. The van der Waals surface area contributed by atoms with Gasteiger partial charge in [-0.1, -0.05) is 24.3 Å². The van der Waals surface area contributed by atoms with Crippen molar-refractivity contribution < 1.29 is 14.7 Å². The molecular weight excluding hydrogens is 384 g/mol. The van der Waals surface area contributed by atoms with Crippen LogP contribution < -0.4 is 10.2 Å². The molecule has 0 fully saturated rings. The highest BCUT2D eigenvalue weighted by Crippen LogP contribution is 2.25. The molecule has 3 heterocycles. The molecule has 3 aromatic heterocycles. The number of fused-ring (bicyclic) bond motifs is 1. The zero-order chi connectivity index (χ0) is 21.1. The lowest BCUT2D eigenvalue weighted by Crippen LogP contribution is -2.28. The number of aromatic nitrogens is 4. The van der Waals surface area contributed by atoms with Gasteiger partial charge in [-0.3, -0.25) is 15.1 Å². The Kier molecular flexibility index (Phi) is 5.08. The molecule has 9 heteroatoms. The Morgan fingerprint density at radius 3 is 2.53 bits per heavy atom. The number of amides is 2. The third-order valence-electron chi connectivity index (χ3n) is 4.48. The second-order valence-corrected chi connectivity index (χ2v) is 6.52. The van der Waals surface area contributed by atoms with Gasteiger partial charge in [0.05, 0.1) is 17.9 Å². The number of hydrogen-bond acceptors (Lipinski definition) is 5. The molecule has 0 atom stereocenters. The van der Waals surface area contributed by atoms with E-state index in [-0.39, 0.29) is 11.9 Å². The van der Waals surface area contributed by atoms with E-state index >= 15 is 0 Å². The van der Waals surface area contributed by atoms with Gasteiger partial charge >= 0.3 is 6.09 Å². The van der Waals surface area contributed by atoms with Gasteiger partial charge < -0.3 is 10.0 Å². The zero-order valence-electron chi connectivity index (χ0n) is 16.1. The Balaban J connectivity index is 1.65. The number of rotatable bonds is 5. The van der Waals surface area contributed by atoms with E-state index in [1.165, 1.54) is 6.92 Å². The van der Waals surface area contributed by atoms with Crippen LogP contribution in [-0.2, 0) is 11.3 Å². The fourth-order valence-corrected chi connectivity index (χ4v) is 3.12. The van der Waals surface area contributed by atoms with E-state index in [4.69, 9.17) is 5.11 Å². The maximum Gasteiger partial charge on any atom is 0.411 e. The van der Waals surface area contributed by atoms with E-state index in [9.17, 15) is 9.59 Å². The van der Waals surface area contributed by atoms with Gasteiger partial charge in [-0.25, -0.2) is 9.31 Å². The van der Waals surface area contributed by atoms with E-state index in [0.29, 0.717) is 12.2 Å². The molecule has 1 aromatic carbocycles. The van der Waals surface area contributed by atoms with Gasteiger partial charge in [-0.05, 0) is 36.4 Å². The summed E-state index contributed by atoms with van der Waals surface area (Å²) in [5, 5.41) is 15.2. The number of nitrogens with one attached hydrogen (secondary N) is 1. The summed E-state index contributed by atoms with van der Waals surface area (Å²) in [5.74, 6) is -0.0825. The van der Waals surface area contributed by atoms with Crippen LogP contribution in [0.15, 0.2) is 66.9 Å². The van der Waals surface area contributed by atoms with Crippen LogP contribution >= 0.6 is 0 Å². The summed E-state index contributed by atoms with van der Waals surface area (Å²) in [6, 6.07) is 18.5. The van der Waals surface area contributed by atoms with Crippen LogP contribution in [0.1, 0.15) is 12.6 Å². The van der Waals surface area contributed by atoms with Gasteiger partial charge in [-0.15, -0.1) is 5.10 Å². The second-order valence-electron chi connectivity index (χ2n) is 6.52. The molecule has 0 aliphatic heterocycles. The second kappa shape index (κ2) is 8.00. The van der Waals surface area contributed by atoms with E-state index in [1.54, 1.807) is 21.7 Å². The van der Waals surface area contributed by atoms with Gasteiger partial charge in [0.15, 0.2) is 5.65 Å². The molecule has 0 aliphatic carbocycles. The van der Waals surface area contributed by atoms with Crippen LogP contribution in [0.4, 0.5) is 16.4 Å². The average molecular weight is 402 g/mol. The summed E-state index contributed by atoms with van der Waals surface area (Å²) >= 11 is 0. The van der Waals surface area contributed by atoms with Gasteiger partial charge in [0.1, 0.15) is 0 Å². The zero-order valence-corrected chi connectivity index (χ0v) is 16.1. The molecule has 30 heavy (non-hydrogen) atoms. The predicted molar refractivity (Wildman–Crippen MR) is 111 cm³/mol. The minimum Gasteiger partial charge on any atom is -0.465 e. The molecule has 4 rings (SSSR count). The van der Waals surface area contributed by atoms with Crippen molar-refractivity contribution in [1.29, 1.82) is 0 Å². The number of carbonyl (C=O) groups is 2. The van der Waals surface area contributed by atoms with Crippen LogP contribution in [-0.4, -0.2) is 36.7 Å². The summed E-state index contributed by atoms with van der Waals surface area (Å²) in [5.41, 5.74) is 3.64. The molecule has 4 aromatic rings. The number of anilines is 2. The van der Waals surface area contributed by atoms with Crippen LogP contribution in [0.25, 0.3) is 16.9 Å². The fraction of sp³-hybridized carbons (Fsp3) is 0.0952. The van der Waals surface area contributed by atoms with Crippen molar-refractivity contribution in [2.75, 3.05) is 10.2 Å². The fourth-order valence-electron chi connectivity index (χ4n) is 3.12. The summed E-state index contributed by atoms with van der Waals surface area (Å²) in [4.78, 5) is 33.1. The molecule has 0 unspecified atom stereocenters. The van der Waals surface area contributed by atoms with Crippen molar-refractivity contribution in [3.63, 3.8) is 0 Å². The van der Waals surface area contributed by atoms with Crippen LogP contribution in [0.2, 0.25) is 0 Å². The normalized spacial score (nSPS) is 10.7. The number of hydrogen-bond donors (Lipinski definition) is 2.